The Kier molecular flexibility index (Phi) is 22.7. The molecule has 0 bridgehead atoms. The van der Waals surface area contributed by atoms with Crippen molar-refractivity contribution in [3.05, 3.63) is 47.5 Å². The van der Waals surface area contributed by atoms with E-state index in [4.69, 9.17) is 0 Å². The Labute approximate surface area is 262 Å². The van der Waals surface area contributed by atoms with E-state index in [1.54, 1.807) is 0 Å². The monoisotopic (exact) mass is 569 g/mol. The molecule has 0 N–H and O–H groups in total. The van der Waals surface area contributed by atoms with Crippen molar-refractivity contribution in [2.75, 3.05) is 0 Å². The summed E-state index contributed by atoms with van der Waals surface area (Å²) < 4.78 is 0. The lowest BCUT2D eigenvalue weighted by atomic mass is 9.99. The van der Waals surface area contributed by atoms with E-state index in [1.807, 2.05) is 0 Å². The summed E-state index contributed by atoms with van der Waals surface area (Å²) in [7, 11) is 0. The molecule has 0 aromatic heterocycles. The van der Waals surface area contributed by atoms with Gasteiger partial charge in [-0.15, -0.1) is 0 Å². The van der Waals surface area contributed by atoms with Crippen molar-refractivity contribution in [2.24, 2.45) is 0 Å². The Bertz CT molecular complexity index is 956. The minimum atomic E-state index is 1.00. The maximum Gasteiger partial charge on any atom is 0.0336 e. The SMILES string of the molecule is CCCCCCCCCCCCCCC#Cc1cccc2cccc(C#CCCCCCCCCCCCCCC)c12. The van der Waals surface area contributed by atoms with Gasteiger partial charge >= 0.3 is 0 Å². The lowest BCUT2D eigenvalue weighted by molar-refractivity contribution is 0.545. The second kappa shape index (κ2) is 26.4. The van der Waals surface area contributed by atoms with Gasteiger partial charge in [0.1, 0.15) is 0 Å². The van der Waals surface area contributed by atoms with Gasteiger partial charge in [-0.05, 0) is 30.4 Å². The molecule has 42 heavy (non-hydrogen) atoms. The van der Waals surface area contributed by atoms with Crippen LogP contribution < -0.4 is 0 Å². The average Bonchev–Trinajstić information content (AvgIpc) is 3.01. The van der Waals surface area contributed by atoms with E-state index < -0.39 is 0 Å². The summed E-state index contributed by atoms with van der Waals surface area (Å²) in [6.45, 7) is 4.59. The van der Waals surface area contributed by atoms with E-state index in [1.165, 1.54) is 165 Å². The van der Waals surface area contributed by atoms with Gasteiger partial charge in [-0.25, -0.2) is 0 Å². The first-order valence-corrected chi connectivity index (χ1v) is 18.4. The summed E-state index contributed by atoms with van der Waals surface area (Å²) in [6, 6.07) is 13.0. The van der Waals surface area contributed by atoms with Crippen LogP contribution in [0.1, 0.15) is 192 Å². The van der Waals surface area contributed by atoms with E-state index in [0.717, 1.165) is 24.0 Å². The molecule has 0 saturated heterocycles. The number of rotatable bonds is 24. The molecule has 0 aliphatic rings. The van der Waals surface area contributed by atoms with Gasteiger partial charge in [0.25, 0.3) is 0 Å². The third kappa shape index (κ3) is 17.7. The average molecular weight is 569 g/mol. The minimum Gasteiger partial charge on any atom is -0.0979 e. The molecule has 0 amide bonds. The smallest absolute Gasteiger partial charge is 0.0336 e. The maximum atomic E-state index is 3.50. The fraction of sp³-hybridized carbons (Fsp3) is 0.667. The highest BCUT2D eigenvalue weighted by molar-refractivity contribution is 5.93. The molecule has 2 aromatic rings. The Morgan fingerprint density at radius 1 is 0.381 bits per heavy atom. The molecule has 0 nitrogen and oxygen atoms in total. The standard InChI is InChI=1S/C42H64/c1-3-5-7-9-11-13-15-17-19-21-23-25-27-29-33-39-35-31-37-41-38-32-36-40(42(39)41)34-30-28-26-24-22-20-18-16-14-12-10-8-6-4-2/h31-32,35-38H,3-28H2,1-2H3. The molecule has 0 spiro atoms. The van der Waals surface area contributed by atoms with Crippen molar-refractivity contribution < 1.29 is 0 Å². The minimum absolute atomic E-state index is 1.00. The molecular weight excluding hydrogens is 504 g/mol. The van der Waals surface area contributed by atoms with E-state index in [2.05, 4.69) is 73.9 Å². The fourth-order valence-corrected chi connectivity index (χ4v) is 5.97. The normalized spacial score (nSPS) is 10.8. The fourth-order valence-electron chi connectivity index (χ4n) is 5.97. The quantitative estimate of drug-likeness (QED) is 0.0872. The zero-order chi connectivity index (χ0) is 29.8. The third-order valence-electron chi connectivity index (χ3n) is 8.66. The Hall–Kier alpha value is -2.18. The first-order chi connectivity index (χ1) is 20.9. The Morgan fingerprint density at radius 3 is 1.02 bits per heavy atom. The highest BCUT2D eigenvalue weighted by Gasteiger charge is 2.03. The first kappa shape index (κ1) is 36.0. The van der Waals surface area contributed by atoms with Crippen LogP contribution in [0.3, 0.4) is 0 Å². The van der Waals surface area contributed by atoms with Gasteiger partial charge in [-0.3, -0.25) is 0 Å². The summed E-state index contributed by atoms with van der Waals surface area (Å²) in [5.74, 6) is 14.0. The topological polar surface area (TPSA) is 0 Å². The van der Waals surface area contributed by atoms with Crippen molar-refractivity contribution in [1.29, 1.82) is 0 Å². The molecular formula is C42H64. The van der Waals surface area contributed by atoms with E-state index >= 15 is 0 Å². The van der Waals surface area contributed by atoms with Crippen LogP contribution in [0.25, 0.3) is 10.8 Å². The van der Waals surface area contributed by atoms with Crippen LogP contribution >= 0.6 is 0 Å². The molecule has 0 atom stereocenters. The molecule has 0 heterocycles. The van der Waals surface area contributed by atoms with Crippen molar-refractivity contribution >= 4 is 10.8 Å². The second-order valence-corrected chi connectivity index (χ2v) is 12.6. The van der Waals surface area contributed by atoms with Crippen LogP contribution in [0.15, 0.2) is 36.4 Å². The molecule has 0 radical (unpaired) electrons. The predicted molar refractivity (Wildman–Crippen MR) is 189 cm³/mol. The molecule has 0 unspecified atom stereocenters. The van der Waals surface area contributed by atoms with Crippen LogP contribution in [0, 0.1) is 23.7 Å². The molecule has 2 aromatic carbocycles. The van der Waals surface area contributed by atoms with E-state index in [-0.39, 0.29) is 0 Å². The van der Waals surface area contributed by atoms with Crippen molar-refractivity contribution in [2.45, 2.75) is 181 Å². The van der Waals surface area contributed by atoms with Gasteiger partial charge in [0, 0.05) is 29.4 Å². The Morgan fingerprint density at radius 2 is 0.690 bits per heavy atom. The summed E-state index contributed by atoms with van der Waals surface area (Å²) in [5.41, 5.74) is 2.28. The lowest BCUT2D eigenvalue weighted by Gasteiger charge is -2.04. The summed E-state index contributed by atoms with van der Waals surface area (Å²) >= 11 is 0. The summed E-state index contributed by atoms with van der Waals surface area (Å²) in [5, 5.41) is 2.49. The van der Waals surface area contributed by atoms with Gasteiger partial charge in [0.15, 0.2) is 0 Å². The van der Waals surface area contributed by atoms with E-state index in [0.29, 0.717) is 0 Å². The van der Waals surface area contributed by atoms with Crippen molar-refractivity contribution in [3.63, 3.8) is 0 Å². The summed E-state index contributed by atoms with van der Waals surface area (Å²) in [4.78, 5) is 0. The molecule has 2 rings (SSSR count). The number of hydrogen-bond donors (Lipinski definition) is 0. The van der Waals surface area contributed by atoms with Crippen LogP contribution in [-0.4, -0.2) is 0 Å². The third-order valence-corrected chi connectivity index (χ3v) is 8.66. The first-order valence-electron chi connectivity index (χ1n) is 18.4. The molecule has 0 saturated carbocycles. The van der Waals surface area contributed by atoms with Crippen molar-refractivity contribution in [3.8, 4) is 23.7 Å². The van der Waals surface area contributed by atoms with Crippen molar-refractivity contribution in [1.82, 2.24) is 0 Å². The number of fused-ring (bicyclic) bond motifs is 1. The lowest BCUT2D eigenvalue weighted by Crippen LogP contribution is -1.86. The van der Waals surface area contributed by atoms with Crippen LogP contribution in [0.2, 0.25) is 0 Å². The zero-order valence-electron chi connectivity index (χ0n) is 27.8. The number of hydrogen-bond acceptors (Lipinski definition) is 0. The molecule has 232 valence electrons. The van der Waals surface area contributed by atoms with Crippen LogP contribution in [0.5, 0.6) is 0 Å². The van der Waals surface area contributed by atoms with E-state index in [9.17, 15) is 0 Å². The van der Waals surface area contributed by atoms with Gasteiger partial charge in [-0.2, -0.15) is 0 Å². The molecule has 0 fully saturated rings. The Balaban J connectivity index is 1.63. The van der Waals surface area contributed by atoms with Gasteiger partial charge in [0.2, 0.25) is 0 Å². The molecule has 0 heteroatoms. The van der Waals surface area contributed by atoms with Gasteiger partial charge in [0.05, 0.1) is 0 Å². The molecule has 0 aliphatic carbocycles. The predicted octanol–water partition coefficient (Wildman–Crippen LogP) is 13.7. The van der Waals surface area contributed by atoms with Crippen LogP contribution in [0.4, 0.5) is 0 Å². The van der Waals surface area contributed by atoms with Gasteiger partial charge in [-0.1, -0.05) is 203 Å². The highest BCUT2D eigenvalue weighted by Crippen LogP contribution is 2.22. The zero-order valence-corrected chi connectivity index (χ0v) is 27.8. The molecule has 0 aliphatic heterocycles. The second-order valence-electron chi connectivity index (χ2n) is 12.6. The van der Waals surface area contributed by atoms with Crippen LogP contribution in [-0.2, 0) is 0 Å². The largest absolute Gasteiger partial charge is 0.0979 e. The van der Waals surface area contributed by atoms with Gasteiger partial charge < -0.3 is 0 Å². The number of unbranched alkanes of at least 4 members (excludes halogenated alkanes) is 24. The number of benzene rings is 2. The summed E-state index contributed by atoms with van der Waals surface area (Å²) in [6.07, 6.45) is 35.3. The highest BCUT2D eigenvalue weighted by atomic mass is 14.1. The maximum absolute atomic E-state index is 3.50.